The highest BCUT2D eigenvalue weighted by molar-refractivity contribution is 7.09. The highest BCUT2D eigenvalue weighted by atomic mass is 32.1. The smallest absolute Gasteiger partial charge is 0.410 e. The minimum Gasteiger partial charge on any atom is -0.445 e. The van der Waals surface area contributed by atoms with Gasteiger partial charge < -0.3 is 29.5 Å². The van der Waals surface area contributed by atoms with Crippen LogP contribution in [0.4, 0.5) is 9.59 Å². The summed E-state index contributed by atoms with van der Waals surface area (Å²) >= 11 is 1.53. The van der Waals surface area contributed by atoms with Gasteiger partial charge in [0.2, 0.25) is 11.8 Å². The third-order valence-corrected chi connectivity index (χ3v) is 9.14. The topological polar surface area (TPSA) is 112 Å². The fraction of sp³-hybridized carbons (Fsp3) is 0.588. The van der Waals surface area contributed by atoms with Crippen LogP contribution in [0.5, 0.6) is 0 Å². The number of thiophene rings is 1. The van der Waals surface area contributed by atoms with E-state index in [4.69, 9.17) is 9.47 Å². The number of hydrogen-bond acceptors (Lipinski definition) is 8. The quantitative estimate of drug-likeness (QED) is 0.399. The van der Waals surface area contributed by atoms with E-state index in [1.54, 1.807) is 30.6 Å². The van der Waals surface area contributed by atoms with Crippen LogP contribution in [-0.4, -0.2) is 108 Å². The third-order valence-electron chi connectivity index (χ3n) is 8.26. The minimum absolute atomic E-state index is 0.00655. The van der Waals surface area contributed by atoms with Crippen molar-refractivity contribution >= 4 is 35.3 Å². The maximum Gasteiger partial charge on any atom is 0.410 e. The molecule has 2 saturated heterocycles. The third kappa shape index (κ3) is 9.93. The molecule has 252 valence electrons. The molecule has 0 radical (unpaired) electrons. The normalized spacial score (nSPS) is 20.4. The molecule has 3 atom stereocenters. The van der Waals surface area contributed by atoms with Gasteiger partial charge in [-0.1, -0.05) is 36.4 Å². The van der Waals surface area contributed by atoms with Gasteiger partial charge in [0.25, 0.3) is 0 Å². The molecule has 4 amide bonds. The lowest BCUT2D eigenvalue weighted by molar-refractivity contribution is -0.150. The van der Waals surface area contributed by atoms with Crippen molar-refractivity contribution < 1.29 is 28.7 Å². The first-order valence-electron chi connectivity index (χ1n) is 16.1. The van der Waals surface area contributed by atoms with Crippen LogP contribution in [0.25, 0.3) is 0 Å². The monoisotopic (exact) mass is 655 g/mol. The van der Waals surface area contributed by atoms with Gasteiger partial charge in [-0.2, -0.15) is 0 Å². The average Bonchev–Trinajstić information content (AvgIpc) is 3.55. The van der Waals surface area contributed by atoms with Crippen LogP contribution >= 0.6 is 11.3 Å². The number of likely N-dealkylation sites (tertiary alicyclic amines) is 1. The Morgan fingerprint density at radius 1 is 0.978 bits per heavy atom. The SMILES string of the molecule is CN(C)CCC[C@H]1CCCN(C(=O)OCc2ccccc2)[C@@H]1C(=O)N1CCN(C(=O)OC(C)(C)C)C[C@H]1C(=O)NCc1cccs1. The van der Waals surface area contributed by atoms with Crippen LogP contribution < -0.4 is 5.32 Å². The summed E-state index contributed by atoms with van der Waals surface area (Å²) in [6, 6.07) is 11.6. The molecule has 2 aliphatic rings. The van der Waals surface area contributed by atoms with E-state index in [2.05, 4.69) is 10.2 Å². The number of nitrogens with zero attached hydrogens (tertiary/aromatic N) is 4. The van der Waals surface area contributed by atoms with Crippen molar-refractivity contribution in [2.24, 2.45) is 5.92 Å². The summed E-state index contributed by atoms with van der Waals surface area (Å²) < 4.78 is 11.3. The number of carbonyl (C=O) groups is 4. The molecule has 0 spiro atoms. The molecule has 2 fully saturated rings. The number of piperazine rings is 1. The molecule has 0 unspecified atom stereocenters. The Bertz CT molecular complexity index is 1300. The molecule has 0 saturated carbocycles. The van der Waals surface area contributed by atoms with Gasteiger partial charge >= 0.3 is 12.2 Å². The fourth-order valence-electron chi connectivity index (χ4n) is 6.03. The van der Waals surface area contributed by atoms with Gasteiger partial charge in [-0.15, -0.1) is 11.3 Å². The second-order valence-corrected chi connectivity index (χ2v) is 14.3. The number of amides is 4. The Hall–Kier alpha value is -3.64. The Labute approximate surface area is 276 Å². The first-order chi connectivity index (χ1) is 21.9. The lowest BCUT2D eigenvalue weighted by Crippen LogP contribution is -2.66. The molecule has 11 nitrogen and oxygen atoms in total. The van der Waals surface area contributed by atoms with E-state index in [1.165, 1.54) is 16.2 Å². The molecule has 1 aromatic heterocycles. The number of nitrogens with one attached hydrogen (secondary N) is 1. The van der Waals surface area contributed by atoms with Crippen molar-refractivity contribution in [2.45, 2.75) is 77.3 Å². The standard InChI is InChI=1S/C34H49N5O6S/c1-34(2,3)45-32(42)37-19-20-38(28(23-37)30(40)35-22-27-16-11-21-46-27)31(41)29-26(14-9-17-36(4)5)15-10-18-39(29)33(43)44-24-25-12-7-6-8-13-25/h6-8,11-13,16,21,26,28-29H,9-10,14-15,17-20,22-24H2,1-5H3,(H,35,40)/t26-,28-,29-/m0/s1. The van der Waals surface area contributed by atoms with Gasteiger partial charge in [-0.05, 0) is 90.0 Å². The second kappa shape index (κ2) is 16.3. The second-order valence-electron chi connectivity index (χ2n) is 13.3. The Kier molecular flexibility index (Phi) is 12.5. The summed E-state index contributed by atoms with van der Waals surface area (Å²) in [6.07, 6.45) is 2.11. The van der Waals surface area contributed by atoms with Crippen molar-refractivity contribution in [3.63, 3.8) is 0 Å². The van der Waals surface area contributed by atoms with E-state index in [1.807, 2.05) is 61.9 Å². The van der Waals surface area contributed by atoms with E-state index < -0.39 is 29.9 Å². The van der Waals surface area contributed by atoms with Crippen LogP contribution in [-0.2, 0) is 32.2 Å². The highest BCUT2D eigenvalue weighted by Gasteiger charge is 2.46. The molecule has 1 aromatic carbocycles. The number of piperidine rings is 1. The van der Waals surface area contributed by atoms with E-state index in [0.29, 0.717) is 13.1 Å². The molecule has 3 heterocycles. The van der Waals surface area contributed by atoms with Gasteiger partial charge in [0.05, 0.1) is 13.1 Å². The van der Waals surface area contributed by atoms with Gasteiger partial charge in [0.1, 0.15) is 24.3 Å². The molecular weight excluding hydrogens is 606 g/mol. The Balaban J connectivity index is 1.58. The number of rotatable bonds is 10. The lowest BCUT2D eigenvalue weighted by atomic mass is 9.84. The predicted molar refractivity (Wildman–Crippen MR) is 177 cm³/mol. The highest BCUT2D eigenvalue weighted by Crippen LogP contribution is 2.31. The van der Waals surface area contributed by atoms with Gasteiger partial charge in [0, 0.05) is 24.5 Å². The summed E-state index contributed by atoms with van der Waals surface area (Å²) in [6.45, 7) is 7.39. The van der Waals surface area contributed by atoms with Crippen molar-refractivity contribution in [3.05, 3.63) is 58.3 Å². The molecule has 46 heavy (non-hydrogen) atoms. The molecule has 2 aromatic rings. The minimum atomic E-state index is -0.944. The summed E-state index contributed by atoms with van der Waals surface area (Å²) in [5.41, 5.74) is 0.155. The maximum atomic E-state index is 14.7. The zero-order valence-electron chi connectivity index (χ0n) is 27.8. The van der Waals surface area contributed by atoms with Gasteiger partial charge in [-0.25, -0.2) is 9.59 Å². The molecule has 12 heteroatoms. The predicted octanol–water partition coefficient (Wildman–Crippen LogP) is 4.57. The Morgan fingerprint density at radius 2 is 1.74 bits per heavy atom. The summed E-state index contributed by atoms with van der Waals surface area (Å²) in [5, 5.41) is 4.91. The maximum absolute atomic E-state index is 14.7. The van der Waals surface area contributed by atoms with Crippen molar-refractivity contribution in [1.29, 1.82) is 0 Å². The van der Waals surface area contributed by atoms with E-state index >= 15 is 0 Å². The molecule has 4 rings (SSSR count). The molecule has 0 aliphatic carbocycles. The van der Waals surface area contributed by atoms with Crippen LogP contribution in [0.1, 0.15) is 56.9 Å². The first kappa shape index (κ1) is 35.2. The average molecular weight is 656 g/mol. The number of carbonyl (C=O) groups excluding carboxylic acids is 4. The first-order valence-corrected chi connectivity index (χ1v) is 17.0. The summed E-state index contributed by atoms with van der Waals surface area (Å²) in [7, 11) is 4.03. The van der Waals surface area contributed by atoms with Crippen molar-refractivity contribution in [1.82, 2.24) is 24.9 Å². The zero-order chi connectivity index (χ0) is 33.3. The molecule has 0 bridgehead atoms. The molecule has 2 aliphatic heterocycles. The molecule has 1 N–H and O–H groups in total. The lowest BCUT2D eigenvalue weighted by Gasteiger charge is -2.46. The summed E-state index contributed by atoms with van der Waals surface area (Å²) in [5.74, 6) is -0.733. The van der Waals surface area contributed by atoms with E-state index in [9.17, 15) is 19.2 Å². The fourth-order valence-corrected chi connectivity index (χ4v) is 6.67. The van der Waals surface area contributed by atoms with Crippen LogP contribution in [0.2, 0.25) is 0 Å². The van der Waals surface area contributed by atoms with Crippen LogP contribution in [0.15, 0.2) is 47.8 Å². The van der Waals surface area contributed by atoms with E-state index in [-0.39, 0.29) is 44.0 Å². The van der Waals surface area contributed by atoms with Gasteiger partial charge in [-0.3, -0.25) is 14.5 Å². The number of benzene rings is 1. The zero-order valence-corrected chi connectivity index (χ0v) is 28.6. The van der Waals surface area contributed by atoms with Crippen LogP contribution in [0.3, 0.4) is 0 Å². The van der Waals surface area contributed by atoms with Crippen LogP contribution in [0, 0.1) is 5.92 Å². The van der Waals surface area contributed by atoms with Crippen molar-refractivity contribution in [2.75, 3.05) is 46.8 Å². The largest absolute Gasteiger partial charge is 0.445 e. The van der Waals surface area contributed by atoms with Gasteiger partial charge in [0.15, 0.2) is 0 Å². The summed E-state index contributed by atoms with van der Waals surface area (Å²) in [4.78, 5) is 62.8. The number of hydrogen-bond donors (Lipinski definition) is 1. The molecular formula is C34H49N5O6S. The number of ether oxygens (including phenoxy) is 2. The van der Waals surface area contributed by atoms with E-state index in [0.717, 1.165) is 42.7 Å². The van der Waals surface area contributed by atoms with Crippen molar-refractivity contribution in [3.8, 4) is 0 Å². The Morgan fingerprint density at radius 3 is 2.41 bits per heavy atom.